The molecule has 1 aliphatic rings. The molecule has 0 radical (unpaired) electrons. The largest absolute Gasteiger partial charge is 0.352 e. The van der Waals surface area contributed by atoms with Crippen molar-refractivity contribution in [3.8, 4) is 0 Å². The predicted molar refractivity (Wildman–Crippen MR) is 87.1 cm³/mol. The minimum atomic E-state index is -0.100. The van der Waals surface area contributed by atoms with Crippen molar-refractivity contribution >= 4 is 21.8 Å². The average molecular weight is 338 g/mol. The third kappa shape index (κ3) is 3.63. The minimum absolute atomic E-state index is 0.100. The number of benzene rings is 1. The van der Waals surface area contributed by atoms with Gasteiger partial charge in [0.05, 0.1) is 0 Å². The molecule has 1 atom stereocenters. The van der Waals surface area contributed by atoms with Crippen LogP contribution in [0.3, 0.4) is 0 Å². The van der Waals surface area contributed by atoms with Crippen LogP contribution in [0, 0.1) is 5.41 Å². The summed E-state index contributed by atoms with van der Waals surface area (Å²) in [6.45, 7) is 2.14. The molecule has 1 aliphatic carbocycles. The van der Waals surface area contributed by atoms with Gasteiger partial charge in [-0.3, -0.25) is 4.79 Å². The lowest BCUT2D eigenvalue weighted by Gasteiger charge is -2.29. The molecule has 20 heavy (non-hydrogen) atoms. The molecule has 2 rings (SSSR count). The Kier molecular flexibility index (Phi) is 5.64. The van der Waals surface area contributed by atoms with Gasteiger partial charge in [0, 0.05) is 16.8 Å². The Labute approximate surface area is 130 Å². The van der Waals surface area contributed by atoms with E-state index >= 15 is 0 Å². The first-order valence-electron chi connectivity index (χ1n) is 7.61. The molecule has 1 saturated carbocycles. The lowest BCUT2D eigenvalue weighted by Crippen LogP contribution is -2.45. The highest BCUT2D eigenvalue weighted by atomic mass is 79.9. The maximum Gasteiger partial charge on any atom is 0.226 e. The zero-order chi connectivity index (χ0) is 14.4. The number of amides is 1. The first-order valence-corrected chi connectivity index (χ1v) is 8.73. The Bertz CT molecular complexity index is 426. The summed E-state index contributed by atoms with van der Waals surface area (Å²) < 4.78 is 0. The van der Waals surface area contributed by atoms with E-state index in [1.54, 1.807) is 0 Å². The normalized spacial score (nSPS) is 18.7. The van der Waals surface area contributed by atoms with Crippen LogP contribution in [-0.4, -0.2) is 17.3 Å². The van der Waals surface area contributed by atoms with Crippen LogP contribution in [0.4, 0.5) is 0 Å². The lowest BCUT2D eigenvalue weighted by molar-refractivity contribution is -0.131. The maximum atomic E-state index is 12.6. The van der Waals surface area contributed by atoms with E-state index in [0.717, 1.165) is 31.0 Å². The van der Waals surface area contributed by atoms with Gasteiger partial charge in [0.1, 0.15) is 0 Å². The predicted octanol–water partition coefficient (Wildman–Crippen LogP) is 4.08. The van der Waals surface area contributed by atoms with E-state index in [9.17, 15) is 4.79 Å². The third-order valence-electron chi connectivity index (χ3n) is 4.57. The number of carbonyl (C=O) groups excluding carboxylic acids is 1. The first kappa shape index (κ1) is 15.6. The lowest BCUT2D eigenvalue weighted by atomic mass is 9.82. The Morgan fingerprint density at radius 2 is 1.95 bits per heavy atom. The van der Waals surface area contributed by atoms with Gasteiger partial charge in [0.15, 0.2) is 0 Å². The van der Waals surface area contributed by atoms with E-state index in [2.05, 4.69) is 40.3 Å². The molecule has 1 aromatic rings. The van der Waals surface area contributed by atoms with Crippen LogP contribution in [0.15, 0.2) is 30.3 Å². The second kappa shape index (κ2) is 7.26. The number of rotatable bonds is 6. The van der Waals surface area contributed by atoms with Gasteiger partial charge >= 0.3 is 0 Å². The minimum Gasteiger partial charge on any atom is -0.352 e. The van der Waals surface area contributed by atoms with Gasteiger partial charge in [-0.25, -0.2) is 0 Å². The number of alkyl halides is 1. The van der Waals surface area contributed by atoms with Crippen molar-refractivity contribution in [2.24, 2.45) is 5.41 Å². The van der Waals surface area contributed by atoms with Crippen LogP contribution in [0.1, 0.15) is 44.6 Å². The molecule has 1 fully saturated rings. The van der Waals surface area contributed by atoms with E-state index in [0.29, 0.717) is 0 Å². The second-order valence-corrected chi connectivity index (χ2v) is 6.50. The molecular weight excluding hydrogens is 314 g/mol. The quantitative estimate of drug-likeness (QED) is 0.778. The molecular formula is C17H24BrNO. The zero-order valence-electron chi connectivity index (χ0n) is 12.2. The molecule has 0 saturated heterocycles. The van der Waals surface area contributed by atoms with Crippen molar-refractivity contribution in [1.29, 1.82) is 0 Å². The van der Waals surface area contributed by atoms with Crippen molar-refractivity contribution in [1.82, 2.24) is 5.32 Å². The SMILES string of the molecule is CCC1(C(=O)NC(CBr)Cc2ccccc2)CCCC1. The van der Waals surface area contributed by atoms with E-state index in [1.165, 1.54) is 18.4 Å². The van der Waals surface area contributed by atoms with E-state index in [-0.39, 0.29) is 17.4 Å². The zero-order valence-corrected chi connectivity index (χ0v) is 13.8. The molecule has 0 aromatic heterocycles. The number of carbonyl (C=O) groups is 1. The molecule has 1 amide bonds. The smallest absolute Gasteiger partial charge is 0.226 e. The Hall–Kier alpha value is -0.830. The molecule has 1 unspecified atom stereocenters. The van der Waals surface area contributed by atoms with Crippen LogP contribution in [0.5, 0.6) is 0 Å². The van der Waals surface area contributed by atoms with Gasteiger partial charge in [-0.05, 0) is 31.2 Å². The fraction of sp³-hybridized carbons (Fsp3) is 0.588. The molecule has 1 aromatic carbocycles. The third-order valence-corrected chi connectivity index (χ3v) is 5.35. The number of hydrogen-bond acceptors (Lipinski definition) is 1. The highest BCUT2D eigenvalue weighted by Gasteiger charge is 2.39. The monoisotopic (exact) mass is 337 g/mol. The molecule has 0 spiro atoms. The van der Waals surface area contributed by atoms with E-state index in [1.807, 2.05) is 18.2 Å². The highest BCUT2D eigenvalue weighted by molar-refractivity contribution is 9.09. The summed E-state index contributed by atoms with van der Waals surface area (Å²) in [6.07, 6.45) is 6.33. The summed E-state index contributed by atoms with van der Waals surface area (Å²) in [5.74, 6) is 0.262. The Morgan fingerprint density at radius 3 is 2.50 bits per heavy atom. The highest BCUT2D eigenvalue weighted by Crippen LogP contribution is 2.41. The fourth-order valence-electron chi connectivity index (χ4n) is 3.17. The number of nitrogens with one attached hydrogen (secondary N) is 1. The van der Waals surface area contributed by atoms with Crippen LogP contribution in [0.2, 0.25) is 0 Å². The van der Waals surface area contributed by atoms with Crippen molar-refractivity contribution in [3.63, 3.8) is 0 Å². The van der Waals surface area contributed by atoms with Gasteiger partial charge in [-0.15, -0.1) is 0 Å². The molecule has 2 nitrogen and oxygen atoms in total. The van der Waals surface area contributed by atoms with Crippen molar-refractivity contribution < 1.29 is 4.79 Å². The van der Waals surface area contributed by atoms with Crippen molar-refractivity contribution in [2.45, 2.75) is 51.5 Å². The molecule has 1 N–H and O–H groups in total. The fourth-order valence-corrected chi connectivity index (χ4v) is 3.56. The summed E-state index contributed by atoms with van der Waals surface area (Å²) >= 11 is 3.54. The number of halogens is 1. The van der Waals surface area contributed by atoms with Gasteiger partial charge in [0.25, 0.3) is 0 Å². The molecule has 0 aliphatic heterocycles. The number of hydrogen-bond donors (Lipinski definition) is 1. The second-order valence-electron chi connectivity index (χ2n) is 5.86. The topological polar surface area (TPSA) is 29.1 Å². The summed E-state index contributed by atoms with van der Waals surface area (Å²) in [4.78, 5) is 12.6. The van der Waals surface area contributed by atoms with Crippen LogP contribution >= 0.6 is 15.9 Å². The molecule has 0 heterocycles. The average Bonchev–Trinajstić information content (AvgIpc) is 2.97. The van der Waals surface area contributed by atoms with E-state index < -0.39 is 0 Å². The van der Waals surface area contributed by atoms with Crippen molar-refractivity contribution in [3.05, 3.63) is 35.9 Å². The van der Waals surface area contributed by atoms with Crippen molar-refractivity contribution in [2.75, 3.05) is 5.33 Å². The molecule has 0 bridgehead atoms. The maximum absolute atomic E-state index is 12.6. The summed E-state index contributed by atoms with van der Waals surface area (Å²) in [5.41, 5.74) is 1.17. The van der Waals surface area contributed by atoms with Crippen LogP contribution in [-0.2, 0) is 11.2 Å². The Balaban J connectivity index is 1.97. The first-order chi connectivity index (χ1) is 9.70. The van der Waals surface area contributed by atoms with Gasteiger partial charge in [-0.2, -0.15) is 0 Å². The summed E-state index contributed by atoms with van der Waals surface area (Å²) in [5, 5.41) is 4.06. The summed E-state index contributed by atoms with van der Waals surface area (Å²) in [7, 11) is 0. The standard InChI is InChI=1S/C17H24BrNO/c1-2-17(10-6-7-11-17)16(20)19-15(13-18)12-14-8-4-3-5-9-14/h3-5,8-9,15H,2,6-7,10-13H2,1H3,(H,19,20). The van der Waals surface area contributed by atoms with Gasteiger partial charge in [-0.1, -0.05) is 66.0 Å². The summed E-state index contributed by atoms with van der Waals surface area (Å²) in [6, 6.07) is 10.5. The van der Waals surface area contributed by atoms with Crippen LogP contribution < -0.4 is 5.32 Å². The van der Waals surface area contributed by atoms with Gasteiger partial charge < -0.3 is 5.32 Å². The van der Waals surface area contributed by atoms with Gasteiger partial charge in [0.2, 0.25) is 5.91 Å². The Morgan fingerprint density at radius 1 is 1.30 bits per heavy atom. The van der Waals surface area contributed by atoms with E-state index in [4.69, 9.17) is 0 Å². The molecule has 110 valence electrons. The van der Waals surface area contributed by atoms with Crippen LogP contribution in [0.25, 0.3) is 0 Å². The molecule has 3 heteroatoms.